The fourth-order valence-corrected chi connectivity index (χ4v) is 2.36. The molecule has 0 radical (unpaired) electrons. The van der Waals surface area contributed by atoms with Crippen LogP contribution in [0.5, 0.6) is 0 Å². The molecule has 0 saturated carbocycles. The average molecular weight is 333 g/mol. The first kappa shape index (κ1) is 14.7. The van der Waals surface area contributed by atoms with Gasteiger partial charge in [-0.25, -0.2) is 0 Å². The van der Waals surface area contributed by atoms with Crippen LogP contribution >= 0.6 is 15.9 Å². The van der Waals surface area contributed by atoms with Crippen LogP contribution in [0.15, 0.2) is 53.3 Å². The number of benzene rings is 1. The summed E-state index contributed by atoms with van der Waals surface area (Å²) in [6.07, 6.45) is 3.53. The van der Waals surface area contributed by atoms with Gasteiger partial charge >= 0.3 is 0 Å². The molecular weight excluding hydrogens is 316 g/mol. The molecule has 4 heteroatoms. The number of carbonyl (C=O) groups is 1. The number of hydrogen-bond donors (Lipinski definition) is 0. The molecule has 1 heterocycles. The molecule has 2 aromatic rings. The smallest absolute Gasteiger partial charge is 0.254 e. The number of nitrogens with zero attached hydrogens (tertiary/aromatic N) is 2. The minimum absolute atomic E-state index is 0.0325. The number of rotatable bonds is 4. The van der Waals surface area contributed by atoms with Gasteiger partial charge in [0.2, 0.25) is 0 Å². The summed E-state index contributed by atoms with van der Waals surface area (Å²) < 4.78 is 0.911. The highest BCUT2D eigenvalue weighted by atomic mass is 79.9. The van der Waals surface area contributed by atoms with Crippen molar-refractivity contribution in [1.29, 1.82) is 0 Å². The average Bonchev–Trinajstić information content (AvgIpc) is 2.45. The van der Waals surface area contributed by atoms with E-state index in [-0.39, 0.29) is 11.9 Å². The van der Waals surface area contributed by atoms with Gasteiger partial charge in [-0.2, -0.15) is 0 Å². The number of halogens is 1. The molecule has 0 atom stereocenters. The van der Waals surface area contributed by atoms with Crippen LogP contribution in [-0.2, 0) is 6.54 Å². The van der Waals surface area contributed by atoms with E-state index in [1.807, 2.05) is 55.1 Å². The van der Waals surface area contributed by atoms with E-state index in [0.717, 1.165) is 10.0 Å². The third kappa shape index (κ3) is 3.67. The Kier molecular flexibility index (Phi) is 4.90. The normalized spacial score (nSPS) is 10.6. The summed E-state index contributed by atoms with van der Waals surface area (Å²) in [6.45, 7) is 4.61. The van der Waals surface area contributed by atoms with Gasteiger partial charge < -0.3 is 4.90 Å². The Morgan fingerprint density at radius 2 is 2.10 bits per heavy atom. The van der Waals surface area contributed by atoms with Crippen molar-refractivity contribution in [2.24, 2.45) is 0 Å². The molecule has 104 valence electrons. The van der Waals surface area contributed by atoms with Crippen LogP contribution in [-0.4, -0.2) is 21.8 Å². The van der Waals surface area contributed by atoms with Gasteiger partial charge in [0.1, 0.15) is 0 Å². The molecule has 0 N–H and O–H groups in total. The molecule has 0 spiro atoms. The summed E-state index contributed by atoms with van der Waals surface area (Å²) in [7, 11) is 0. The van der Waals surface area contributed by atoms with Crippen LogP contribution in [0.2, 0.25) is 0 Å². The molecule has 2 rings (SSSR count). The zero-order valence-corrected chi connectivity index (χ0v) is 13.2. The van der Waals surface area contributed by atoms with Gasteiger partial charge in [0.25, 0.3) is 5.91 Å². The van der Waals surface area contributed by atoms with Crippen molar-refractivity contribution in [2.75, 3.05) is 0 Å². The SMILES string of the molecule is CC(C)N(Cc1cccnc1)C(=O)c1cccc(Br)c1. The molecule has 1 aromatic carbocycles. The quantitative estimate of drug-likeness (QED) is 0.850. The molecule has 1 amide bonds. The van der Waals surface area contributed by atoms with E-state index < -0.39 is 0 Å². The molecule has 0 unspecified atom stereocenters. The monoisotopic (exact) mass is 332 g/mol. The number of pyridine rings is 1. The minimum Gasteiger partial charge on any atom is -0.332 e. The third-order valence-electron chi connectivity index (χ3n) is 3.03. The lowest BCUT2D eigenvalue weighted by Gasteiger charge is -2.27. The van der Waals surface area contributed by atoms with E-state index in [9.17, 15) is 4.79 Å². The van der Waals surface area contributed by atoms with E-state index in [4.69, 9.17) is 0 Å². The van der Waals surface area contributed by atoms with Crippen LogP contribution in [0.25, 0.3) is 0 Å². The molecule has 0 aliphatic rings. The van der Waals surface area contributed by atoms with Crippen LogP contribution in [0.1, 0.15) is 29.8 Å². The molecule has 0 bridgehead atoms. The first-order valence-corrected chi connectivity index (χ1v) is 7.32. The van der Waals surface area contributed by atoms with Crippen molar-refractivity contribution in [3.05, 3.63) is 64.4 Å². The molecular formula is C16H17BrN2O. The Bertz CT molecular complexity index is 584. The lowest BCUT2D eigenvalue weighted by atomic mass is 10.1. The van der Waals surface area contributed by atoms with Gasteiger partial charge in [-0.3, -0.25) is 9.78 Å². The lowest BCUT2D eigenvalue weighted by molar-refractivity contribution is 0.0690. The second kappa shape index (κ2) is 6.66. The summed E-state index contributed by atoms with van der Waals surface area (Å²) in [5.74, 6) is 0.0325. The van der Waals surface area contributed by atoms with Crippen LogP contribution in [0, 0.1) is 0 Å². The van der Waals surface area contributed by atoms with Crippen molar-refractivity contribution < 1.29 is 4.79 Å². The first-order chi connectivity index (χ1) is 9.58. The molecule has 0 aliphatic heterocycles. The largest absolute Gasteiger partial charge is 0.332 e. The fraction of sp³-hybridized carbons (Fsp3) is 0.250. The standard InChI is InChI=1S/C16H17BrN2O/c1-12(2)19(11-13-5-4-8-18-10-13)16(20)14-6-3-7-15(17)9-14/h3-10,12H,11H2,1-2H3. The van der Waals surface area contributed by atoms with Crippen molar-refractivity contribution in [1.82, 2.24) is 9.88 Å². The second-order valence-corrected chi connectivity index (χ2v) is 5.81. The molecule has 0 fully saturated rings. The zero-order chi connectivity index (χ0) is 14.5. The number of amides is 1. The topological polar surface area (TPSA) is 33.2 Å². The van der Waals surface area contributed by atoms with E-state index >= 15 is 0 Å². The van der Waals surface area contributed by atoms with Crippen LogP contribution in [0.4, 0.5) is 0 Å². The molecule has 3 nitrogen and oxygen atoms in total. The molecule has 1 aromatic heterocycles. The Labute approximate surface area is 127 Å². The highest BCUT2D eigenvalue weighted by molar-refractivity contribution is 9.10. The zero-order valence-electron chi connectivity index (χ0n) is 11.6. The van der Waals surface area contributed by atoms with Gasteiger partial charge in [0.15, 0.2) is 0 Å². The van der Waals surface area contributed by atoms with Crippen molar-refractivity contribution in [2.45, 2.75) is 26.4 Å². The first-order valence-electron chi connectivity index (χ1n) is 6.53. The second-order valence-electron chi connectivity index (χ2n) is 4.90. The fourth-order valence-electron chi connectivity index (χ4n) is 1.96. The van der Waals surface area contributed by atoms with Crippen molar-refractivity contribution in [3.63, 3.8) is 0 Å². The predicted molar refractivity (Wildman–Crippen MR) is 83.4 cm³/mol. The van der Waals surface area contributed by atoms with E-state index in [1.165, 1.54) is 0 Å². The summed E-state index contributed by atoms with van der Waals surface area (Å²) >= 11 is 3.40. The maximum atomic E-state index is 12.6. The highest BCUT2D eigenvalue weighted by Crippen LogP contribution is 2.16. The number of aromatic nitrogens is 1. The van der Waals surface area contributed by atoms with Gasteiger partial charge in [-0.05, 0) is 43.7 Å². The van der Waals surface area contributed by atoms with E-state index in [2.05, 4.69) is 20.9 Å². The van der Waals surface area contributed by atoms with Crippen LogP contribution < -0.4 is 0 Å². The summed E-state index contributed by atoms with van der Waals surface area (Å²) in [5.41, 5.74) is 1.72. The Morgan fingerprint density at radius 3 is 2.70 bits per heavy atom. The van der Waals surface area contributed by atoms with Gasteiger partial charge in [-0.15, -0.1) is 0 Å². The van der Waals surface area contributed by atoms with Crippen molar-refractivity contribution in [3.8, 4) is 0 Å². The summed E-state index contributed by atoms with van der Waals surface area (Å²) in [4.78, 5) is 18.6. The van der Waals surface area contributed by atoms with Crippen LogP contribution in [0.3, 0.4) is 0 Å². The van der Waals surface area contributed by atoms with Gasteiger partial charge in [0.05, 0.1) is 0 Å². The highest BCUT2D eigenvalue weighted by Gasteiger charge is 2.19. The Hall–Kier alpha value is -1.68. The predicted octanol–water partition coefficient (Wildman–Crippen LogP) is 3.89. The van der Waals surface area contributed by atoms with E-state index in [0.29, 0.717) is 12.1 Å². The number of carbonyl (C=O) groups excluding carboxylic acids is 1. The lowest BCUT2D eigenvalue weighted by Crippen LogP contribution is -2.36. The van der Waals surface area contributed by atoms with Gasteiger partial charge in [0, 0.05) is 35.0 Å². The Balaban J connectivity index is 2.23. The number of hydrogen-bond acceptors (Lipinski definition) is 2. The molecule has 20 heavy (non-hydrogen) atoms. The molecule has 0 aliphatic carbocycles. The summed E-state index contributed by atoms with van der Waals surface area (Å²) in [5, 5.41) is 0. The minimum atomic E-state index is 0.0325. The third-order valence-corrected chi connectivity index (χ3v) is 3.52. The van der Waals surface area contributed by atoms with Gasteiger partial charge in [-0.1, -0.05) is 28.1 Å². The van der Waals surface area contributed by atoms with Crippen molar-refractivity contribution >= 4 is 21.8 Å². The maximum Gasteiger partial charge on any atom is 0.254 e. The van der Waals surface area contributed by atoms with E-state index in [1.54, 1.807) is 12.4 Å². The maximum absolute atomic E-state index is 12.6. The summed E-state index contributed by atoms with van der Waals surface area (Å²) in [6, 6.07) is 11.5. The molecule has 0 saturated heterocycles. The Morgan fingerprint density at radius 1 is 1.30 bits per heavy atom.